The van der Waals surface area contributed by atoms with E-state index in [1.165, 1.54) is 16.2 Å². The van der Waals surface area contributed by atoms with Crippen molar-refractivity contribution in [3.63, 3.8) is 0 Å². The van der Waals surface area contributed by atoms with Crippen LogP contribution in [0.25, 0.3) is 10.2 Å². The molecule has 9 heteroatoms. The highest BCUT2D eigenvalue weighted by Gasteiger charge is 2.27. The number of morpholine rings is 1. The quantitative estimate of drug-likeness (QED) is 0.541. The molecule has 0 spiro atoms. The number of hydrogen-bond acceptors (Lipinski definition) is 7. The highest BCUT2D eigenvalue weighted by atomic mass is 32.2. The number of sulfone groups is 1. The summed E-state index contributed by atoms with van der Waals surface area (Å²) in [6.45, 7) is 5.82. The molecular formula is C22H25N3O4S2. The Bertz CT molecular complexity index is 1120. The zero-order valence-electron chi connectivity index (χ0n) is 17.4. The highest BCUT2D eigenvalue weighted by molar-refractivity contribution is 7.92. The molecule has 0 aliphatic carbocycles. The van der Waals surface area contributed by atoms with Gasteiger partial charge in [0.2, 0.25) is 5.91 Å². The van der Waals surface area contributed by atoms with E-state index < -0.39 is 21.5 Å². The van der Waals surface area contributed by atoms with Crippen LogP contribution in [0.5, 0.6) is 0 Å². The van der Waals surface area contributed by atoms with Gasteiger partial charge in [0.15, 0.2) is 15.0 Å². The molecule has 1 saturated heterocycles. The van der Waals surface area contributed by atoms with Gasteiger partial charge < -0.3 is 4.74 Å². The topological polar surface area (TPSA) is 79.8 Å². The van der Waals surface area contributed by atoms with Crippen LogP contribution in [0.3, 0.4) is 0 Å². The minimum atomic E-state index is -3.75. The minimum absolute atomic E-state index is 0.156. The van der Waals surface area contributed by atoms with Crippen LogP contribution >= 0.6 is 11.3 Å². The average molecular weight is 460 g/mol. The number of carbonyl (C=O) groups is 1. The lowest BCUT2D eigenvalue weighted by molar-refractivity contribution is -0.116. The highest BCUT2D eigenvalue weighted by Crippen LogP contribution is 2.29. The molecule has 1 aliphatic heterocycles. The van der Waals surface area contributed by atoms with Crippen LogP contribution in [0.1, 0.15) is 5.56 Å². The van der Waals surface area contributed by atoms with Crippen LogP contribution in [0.2, 0.25) is 0 Å². The van der Waals surface area contributed by atoms with Gasteiger partial charge in [-0.05, 0) is 31.2 Å². The van der Waals surface area contributed by atoms with Gasteiger partial charge >= 0.3 is 0 Å². The van der Waals surface area contributed by atoms with Gasteiger partial charge in [0, 0.05) is 26.2 Å². The van der Waals surface area contributed by atoms with Crippen molar-refractivity contribution in [2.75, 3.05) is 50.0 Å². The van der Waals surface area contributed by atoms with Gasteiger partial charge in [-0.1, -0.05) is 41.2 Å². The number of para-hydroxylation sites is 1. The molecule has 31 heavy (non-hydrogen) atoms. The van der Waals surface area contributed by atoms with Crippen molar-refractivity contribution >= 4 is 42.4 Å². The first-order valence-corrected chi connectivity index (χ1v) is 12.6. The monoisotopic (exact) mass is 459 g/mol. The molecule has 1 aromatic heterocycles. The van der Waals surface area contributed by atoms with Crippen molar-refractivity contribution < 1.29 is 17.9 Å². The van der Waals surface area contributed by atoms with Crippen molar-refractivity contribution in [1.29, 1.82) is 0 Å². The van der Waals surface area contributed by atoms with E-state index in [4.69, 9.17) is 4.74 Å². The Morgan fingerprint density at radius 2 is 1.84 bits per heavy atom. The van der Waals surface area contributed by atoms with E-state index in [0.29, 0.717) is 31.4 Å². The molecule has 3 aromatic rings. The fourth-order valence-corrected chi connectivity index (χ4v) is 5.65. The van der Waals surface area contributed by atoms with Crippen molar-refractivity contribution in [3.05, 3.63) is 54.1 Å². The lowest BCUT2D eigenvalue weighted by Crippen LogP contribution is -2.44. The van der Waals surface area contributed by atoms with Crippen molar-refractivity contribution in [3.8, 4) is 0 Å². The first kappa shape index (κ1) is 21.9. The van der Waals surface area contributed by atoms with E-state index in [1.54, 1.807) is 24.3 Å². The minimum Gasteiger partial charge on any atom is -0.379 e. The number of benzene rings is 2. The number of hydrogen-bond donors (Lipinski definition) is 0. The number of thiazole rings is 1. The Kier molecular flexibility index (Phi) is 6.66. The zero-order valence-corrected chi connectivity index (χ0v) is 19.0. The van der Waals surface area contributed by atoms with E-state index in [2.05, 4.69) is 9.88 Å². The summed E-state index contributed by atoms with van der Waals surface area (Å²) in [6, 6.07) is 14.2. The lowest BCUT2D eigenvalue weighted by atomic mass is 10.2. The van der Waals surface area contributed by atoms with Gasteiger partial charge in [0.25, 0.3) is 0 Å². The maximum Gasteiger partial charge on any atom is 0.244 e. The molecule has 0 atom stereocenters. The Morgan fingerprint density at radius 3 is 2.55 bits per heavy atom. The van der Waals surface area contributed by atoms with Gasteiger partial charge in [0.05, 0.1) is 28.3 Å². The van der Waals surface area contributed by atoms with Crippen molar-refractivity contribution in [2.45, 2.75) is 11.8 Å². The second kappa shape index (κ2) is 9.44. The molecule has 2 aromatic carbocycles. The smallest absolute Gasteiger partial charge is 0.244 e. The van der Waals surface area contributed by atoms with Crippen LogP contribution in [0.4, 0.5) is 5.13 Å². The molecule has 1 fully saturated rings. The van der Waals surface area contributed by atoms with Crippen LogP contribution in [-0.4, -0.2) is 69.4 Å². The van der Waals surface area contributed by atoms with E-state index in [1.807, 2.05) is 31.2 Å². The molecule has 1 aliphatic rings. The number of amides is 1. The van der Waals surface area contributed by atoms with Crippen molar-refractivity contribution in [1.82, 2.24) is 9.88 Å². The van der Waals surface area contributed by atoms with E-state index >= 15 is 0 Å². The number of aryl methyl sites for hydroxylation is 1. The summed E-state index contributed by atoms with van der Waals surface area (Å²) in [5.74, 6) is -1.05. The number of carbonyl (C=O) groups excluding carboxylic acids is 1. The van der Waals surface area contributed by atoms with Gasteiger partial charge in [0.1, 0.15) is 5.75 Å². The fourth-order valence-electron chi connectivity index (χ4n) is 3.44. The summed E-state index contributed by atoms with van der Waals surface area (Å²) in [6.07, 6.45) is 0. The standard InChI is InChI=1S/C22H25N3O4S2/c1-17-6-8-18(9-7-17)31(27,28)16-21(26)25(11-10-24-12-14-29-15-13-24)22-23-19-4-2-3-5-20(19)30-22/h2-9H,10-16H2,1H3. The number of anilines is 1. The Labute approximate surface area is 186 Å². The first-order valence-electron chi connectivity index (χ1n) is 10.2. The summed E-state index contributed by atoms with van der Waals surface area (Å²) in [4.78, 5) is 21.7. The average Bonchev–Trinajstić information content (AvgIpc) is 3.18. The summed E-state index contributed by atoms with van der Waals surface area (Å²) >= 11 is 1.40. The van der Waals surface area contributed by atoms with Gasteiger partial charge in [-0.15, -0.1) is 0 Å². The Balaban J connectivity index is 1.57. The molecule has 0 N–H and O–H groups in total. The number of ether oxygens (including phenoxy) is 1. The van der Waals surface area contributed by atoms with Gasteiger partial charge in [-0.3, -0.25) is 14.6 Å². The zero-order chi connectivity index (χ0) is 21.8. The molecule has 0 bridgehead atoms. The number of fused-ring (bicyclic) bond motifs is 1. The summed E-state index contributed by atoms with van der Waals surface area (Å²) in [5.41, 5.74) is 1.76. The lowest BCUT2D eigenvalue weighted by Gasteiger charge is -2.29. The Hall–Kier alpha value is -2.33. The second-order valence-corrected chi connectivity index (χ2v) is 10.5. The maximum absolute atomic E-state index is 13.2. The number of aromatic nitrogens is 1. The normalized spacial score (nSPS) is 15.3. The predicted octanol–water partition coefficient (Wildman–Crippen LogP) is 2.74. The molecule has 1 amide bonds. The molecule has 7 nitrogen and oxygen atoms in total. The van der Waals surface area contributed by atoms with Crippen LogP contribution in [-0.2, 0) is 19.4 Å². The van der Waals surface area contributed by atoms with Crippen LogP contribution in [0.15, 0.2) is 53.4 Å². The predicted molar refractivity (Wildman–Crippen MR) is 122 cm³/mol. The molecule has 4 rings (SSSR count). The molecule has 2 heterocycles. The SMILES string of the molecule is Cc1ccc(S(=O)(=O)CC(=O)N(CCN2CCOCC2)c2nc3ccccc3s2)cc1. The van der Waals surface area contributed by atoms with Crippen LogP contribution < -0.4 is 4.90 Å². The molecule has 0 saturated carbocycles. The fraction of sp³-hybridized carbons (Fsp3) is 0.364. The Morgan fingerprint density at radius 1 is 1.13 bits per heavy atom. The summed E-state index contributed by atoms with van der Waals surface area (Å²) in [5, 5.41) is 0.526. The molecule has 0 unspecified atom stereocenters. The van der Waals surface area contributed by atoms with Gasteiger partial charge in [-0.25, -0.2) is 13.4 Å². The van der Waals surface area contributed by atoms with Crippen LogP contribution in [0, 0.1) is 6.92 Å². The maximum atomic E-state index is 13.2. The van der Waals surface area contributed by atoms with Gasteiger partial charge in [-0.2, -0.15) is 0 Å². The number of rotatable bonds is 7. The largest absolute Gasteiger partial charge is 0.379 e. The first-order chi connectivity index (χ1) is 14.9. The van der Waals surface area contributed by atoms with E-state index in [0.717, 1.165) is 28.9 Å². The molecule has 0 radical (unpaired) electrons. The summed E-state index contributed by atoms with van der Waals surface area (Å²) < 4.78 is 32.1. The third-order valence-corrected chi connectivity index (χ3v) is 7.93. The summed E-state index contributed by atoms with van der Waals surface area (Å²) in [7, 11) is -3.75. The second-order valence-electron chi connectivity index (χ2n) is 7.54. The number of nitrogens with zero attached hydrogens (tertiary/aromatic N) is 3. The molecule has 164 valence electrons. The third-order valence-electron chi connectivity index (χ3n) is 5.25. The third kappa shape index (κ3) is 5.30. The van der Waals surface area contributed by atoms with E-state index in [9.17, 15) is 13.2 Å². The van der Waals surface area contributed by atoms with Crippen molar-refractivity contribution in [2.24, 2.45) is 0 Å². The van der Waals surface area contributed by atoms with E-state index in [-0.39, 0.29) is 4.90 Å². The molecular weight excluding hydrogens is 434 g/mol.